The molecule has 0 aliphatic heterocycles. The van der Waals surface area contributed by atoms with Gasteiger partial charge in [0.05, 0.1) is 57.3 Å². The zero-order valence-corrected chi connectivity index (χ0v) is 17.1. The van der Waals surface area contributed by atoms with Crippen LogP contribution >= 0.6 is 11.6 Å². The number of fused-ring (bicyclic) bond motifs is 1. The predicted molar refractivity (Wildman–Crippen MR) is 120 cm³/mol. The number of para-hydroxylation sites is 1. The van der Waals surface area contributed by atoms with Crippen LogP contribution in [-0.2, 0) is 0 Å². The number of hydrogen-bond acceptors (Lipinski definition) is 4. The Morgan fingerprint density at radius 3 is 2.81 bits per heavy atom. The van der Waals surface area contributed by atoms with Crippen molar-refractivity contribution >= 4 is 40.0 Å². The van der Waals surface area contributed by atoms with Crippen LogP contribution in [0.4, 0.5) is 20.6 Å². The van der Waals surface area contributed by atoms with Crippen LogP contribution in [0.25, 0.3) is 28.1 Å². The molecule has 0 fully saturated rings. The Balaban J connectivity index is 1.37. The van der Waals surface area contributed by atoms with Gasteiger partial charge in [-0.25, -0.2) is 18.9 Å². The minimum absolute atomic E-state index is 0.292. The molecule has 32 heavy (non-hydrogen) atoms. The fourth-order valence-corrected chi connectivity index (χ4v) is 3.38. The first-order valence-electron chi connectivity index (χ1n) is 9.54. The molecule has 0 saturated carbocycles. The minimum Gasteiger partial charge on any atom is -0.337 e. The van der Waals surface area contributed by atoms with Crippen molar-refractivity contribution in [2.75, 3.05) is 10.6 Å². The molecule has 0 unspecified atom stereocenters. The highest BCUT2D eigenvalue weighted by molar-refractivity contribution is 6.33. The fraction of sp³-hybridized carbons (Fsp3) is 0. The third-order valence-corrected chi connectivity index (χ3v) is 5.05. The molecule has 0 saturated heterocycles. The number of pyridine rings is 1. The molecular formula is C22H15ClFN7O. The summed E-state index contributed by atoms with van der Waals surface area (Å²) in [5.41, 5.74) is 3.23. The van der Waals surface area contributed by atoms with Crippen LogP contribution in [0.1, 0.15) is 0 Å². The largest absolute Gasteiger partial charge is 0.337 e. The van der Waals surface area contributed by atoms with E-state index in [2.05, 4.69) is 30.7 Å². The summed E-state index contributed by atoms with van der Waals surface area (Å²) >= 11 is 6.06. The average Bonchev–Trinajstić information content (AvgIpc) is 3.42. The maximum Gasteiger partial charge on any atom is 0.323 e. The van der Waals surface area contributed by atoms with E-state index in [9.17, 15) is 9.18 Å². The monoisotopic (exact) mass is 447 g/mol. The van der Waals surface area contributed by atoms with Gasteiger partial charge < -0.3 is 15.6 Å². The number of benzene rings is 2. The van der Waals surface area contributed by atoms with Gasteiger partial charge in [0.1, 0.15) is 11.6 Å². The number of halogens is 2. The number of rotatable bonds is 4. The summed E-state index contributed by atoms with van der Waals surface area (Å²) in [5.74, 6) is -0.0395. The number of amides is 2. The Labute approximate surface area is 186 Å². The maximum absolute atomic E-state index is 14.5. The number of hydrogen-bond donors (Lipinski definition) is 3. The summed E-state index contributed by atoms with van der Waals surface area (Å²) in [6, 6.07) is 12.8. The quantitative estimate of drug-likeness (QED) is 0.350. The molecule has 0 atom stereocenters. The molecule has 0 spiro atoms. The van der Waals surface area contributed by atoms with Gasteiger partial charge in [-0.05, 0) is 36.4 Å². The molecular weight excluding hydrogens is 433 g/mol. The summed E-state index contributed by atoms with van der Waals surface area (Å²) in [6.45, 7) is 0. The van der Waals surface area contributed by atoms with Gasteiger partial charge in [-0.1, -0.05) is 23.7 Å². The van der Waals surface area contributed by atoms with Gasteiger partial charge in [-0.3, -0.25) is 4.98 Å². The summed E-state index contributed by atoms with van der Waals surface area (Å²) in [5, 5.41) is 10.0. The molecule has 3 N–H and O–H groups in total. The second-order valence-corrected chi connectivity index (χ2v) is 7.28. The summed E-state index contributed by atoms with van der Waals surface area (Å²) < 4.78 is 16.1. The SMILES string of the molecule is O=C(Nc1cnn(-c2ccc(F)c(-c3nc4ccncc4[nH]3)c2)c1)Nc1ccccc1Cl. The Morgan fingerprint density at radius 2 is 1.97 bits per heavy atom. The van der Waals surface area contributed by atoms with Crippen LogP contribution in [0, 0.1) is 5.82 Å². The Kier molecular flexibility index (Phi) is 5.00. The predicted octanol–water partition coefficient (Wildman–Crippen LogP) is 5.25. The highest BCUT2D eigenvalue weighted by Gasteiger charge is 2.13. The molecule has 0 aliphatic rings. The highest BCUT2D eigenvalue weighted by Crippen LogP contribution is 2.26. The number of nitrogens with one attached hydrogen (secondary N) is 3. The van der Waals surface area contributed by atoms with Gasteiger partial charge in [0.25, 0.3) is 0 Å². The molecule has 2 amide bonds. The topological polar surface area (TPSA) is 101 Å². The lowest BCUT2D eigenvalue weighted by atomic mass is 10.2. The van der Waals surface area contributed by atoms with E-state index in [0.29, 0.717) is 44.5 Å². The van der Waals surface area contributed by atoms with E-state index in [4.69, 9.17) is 11.6 Å². The van der Waals surface area contributed by atoms with Crippen LogP contribution < -0.4 is 10.6 Å². The molecule has 158 valence electrons. The third kappa shape index (κ3) is 3.88. The Bertz CT molecular complexity index is 1410. The Hall–Kier alpha value is -4.24. The van der Waals surface area contributed by atoms with Gasteiger partial charge in [0.15, 0.2) is 0 Å². The number of aromatic nitrogens is 5. The fourth-order valence-electron chi connectivity index (χ4n) is 3.20. The van der Waals surface area contributed by atoms with Crippen molar-refractivity contribution in [3.05, 3.63) is 84.2 Å². The number of aromatic amines is 1. The molecule has 5 rings (SSSR count). The van der Waals surface area contributed by atoms with Crippen molar-refractivity contribution in [2.24, 2.45) is 0 Å². The lowest BCUT2D eigenvalue weighted by Gasteiger charge is -2.07. The van der Waals surface area contributed by atoms with Gasteiger partial charge in [0, 0.05) is 6.20 Å². The maximum atomic E-state index is 14.5. The van der Waals surface area contributed by atoms with Crippen molar-refractivity contribution in [2.45, 2.75) is 0 Å². The van der Waals surface area contributed by atoms with Crippen LogP contribution in [0.2, 0.25) is 5.02 Å². The molecule has 0 radical (unpaired) electrons. The van der Waals surface area contributed by atoms with E-state index in [1.165, 1.54) is 16.9 Å². The van der Waals surface area contributed by atoms with E-state index < -0.39 is 11.8 Å². The number of imidazole rings is 1. The third-order valence-electron chi connectivity index (χ3n) is 4.72. The first-order chi connectivity index (χ1) is 15.6. The number of anilines is 2. The molecule has 0 bridgehead atoms. The Morgan fingerprint density at radius 1 is 1.09 bits per heavy atom. The van der Waals surface area contributed by atoms with E-state index >= 15 is 0 Å². The lowest BCUT2D eigenvalue weighted by Crippen LogP contribution is -2.19. The lowest BCUT2D eigenvalue weighted by molar-refractivity contribution is 0.262. The van der Waals surface area contributed by atoms with Gasteiger partial charge in [-0.15, -0.1) is 0 Å². The van der Waals surface area contributed by atoms with Crippen molar-refractivity contribution in [3.63, 3.8) is 0 Å². The van der Waals surface area contributed by atoms with Crippen molar-refractivity contribution < 1.29 is 9.18 Å². The van der Waals surface area contributed by atoms with E-state index in [-0.39, 0.29) is 0 Å². The van der Waals surface area contributed by atoms with Gasteiger partial charge in [0.2, 0.25) is 0 Å². The van der Waals surface area contributed by atoms with Crippen LogP contribution in [0.3, 0.4) is 0 Å². The second kappa shape index (κ2) is 8.12. The average molecular weight is 448 g/mol. The minimum atomic E-state index is -0.465. The summed E-state index contributed by atoms with van der Waals surface area (Å²) in [6.07, 6.45) is 6.36. The van der Waals surface area contributed by atoms with Crippen molar-refractivity contribution in [3.8, 4) is 17.1 Å². The number of carbonyl (C=O) groups is 1. The standard InChI is InChI=1S/C22H15ClFN7O/c23-16-3-1-2-4-18(16)30-22(32)27-13-10-26-31(12-13)14-5-6-17(24)15(9-14)21-28-19-7-8-25-11-20(19)29-21/h1-12H,(H,28,29)(H2,27,30,32). The van der Waals surface area contributed by atoms with Crippen LogP contribution in [0.15, 0.2) is 73.3 Å². The van der Waals surface area contributed by atoms with E-state index in [1.54, 1.807) is 61.1 Å². The van der Waals surface area contributed by atoms with E-state index in [0.717, 1.165) is 0 Å². The first-order valence-corrected chi connectivity index (χ1v) is 9.92. The summed E-state index contributed by atoms with van der Waals surface area (Å²) in [7, 11) is 0. The molecule has 5 aromatic rings. The number of H-pyrrole nitrogens is 1. The van der Waals surface area contributed by atoms with Gasteiger partial charge in [-0.2, -0.15) is 5.10 Å². The van der Waals surface area contributed by atoms with Crippen molar-refractivity contribution in [1.29, 1.82) is 0 Å². The molecule has 8 nitrogen and oxygen atoms in total. The molecule has 10 heteroatoms. The van der Waals surface area contributed by atoms with Crippen molar-refractivity contribution in [1.82, 2.24) is 24.7 Å². The highest BCUT2D eigenvalue weighted by atomic mass is 35.5. The normalized spacial score (nSPS) is 10.9. The zero-order valence-electron chi connectivity index (χ0n) is 16.4. The molecule has 3 aromatic heterocycles. The van der Waals surface area contributed by atoms with Crippen LogP contribution in [-0.4, -0.2) is 30.8 Å². The molecule has 2 aromatic carbocycles. The smallest absolute Gasteiger partial charge is 0.323 e. The first kappa shape index (κ1) is 19.7. The van der Waals surface area contributed by atoms with Crippen LogP contribution in [0.5, 0.6) is 0 Å². The molecule has 3 heterocycles. The van der Waals surface area contributed by atoms with Gasteiger partial charge >= 0.3 is 6.03 Å². The zero-order chi connectivity index (χ0) is 22.1. The summed E-state index contributed by atoms with van der Waals surface area (Å²) in [4.78, 5) is 23.8. The molecule has 0 aliphatic carbocycles. The van der Waals surface area contributed by atoms with E-state index in [1.807, 2.05) is 0 Å². The number of carbonyl (C=O) groups excluding carboxylic acids is 1. The number of urea groups is 1. The second-order valence-electron chi connectivity index (χ2n) is 6.87. The number of nitrogens with zero attached hydrogens (tertiary/aromatic N) is 4.